The lowest BCUT2D eigenvalue weighted by Crippen LogP contribution is -2.01. The molecule has 0 unspecified atom stereocenters. The zero-order valence-corrected chi connectivity index (χ0v) is 11.9. The maximum atomic E-state index is 5.44. The Hall–Kier alpha value is -1.96. The molecule has 1 N–H and O–H groups in total. The first kappa shape index (κ1) is 13.5. The Morgan fingerprint density at radius 3 is 2.37 bits per heavy atom. The third kappa shape index (κ3) is 3.75. The number of ether oxygens (including phenoxy) is 1. The minimum absolute atomic E-state index is 0.708. The third-order valence-corrected chi connectivity index (χ3v) is 3.10. The van der Waals surface area contributed by atoms with E-state index in [4.69, 9.17) is 4.74 Å². The van der Waals surface area contributed by atoms with Gasteiger partial charge in [-0.1, -0.05) is 29.8 Å². The Morgan fingerprint density at radius 1 is 1.00 bits per heavy atom. The SMILES string of the molecule is CCOc1ccc(CNc2ccc(C)cc2C)cc1. The highest BCUT2D eigenvalue weighted by molar-refractivity contribution is 5.52. The van der Waals surface area contributed by atoms with E-state index >= 15 is 0 Å². The van der Waals surface area contributed by atoms with E-state index in [1.165, 1.54) is 22.4 Å². The summed E-state index contributed by atoms with van der Waals surface area (Å²) in [4.78, 5) is 0. The molecule has 0 saturated carbocycles. The Bertz CT molecular complexity index is 531. The highest BCUT2D eigenvalue weighted by Gasteiger charge is 1.99. The first-order valence-electron chi connectivity index (χ1n) is 6.72. The van der Waals surface area contributed by atoms with Crippen molar-refractivity contribution in [2.24, 2.45) is 0 Å². The molecule has 0 saturated heterocycles. The lowest BCUT2D eigenvalue weighted by Gasteiger charge is -2.11. The predicted molar refractivity (Wildman–Crippen MR) is 80.9 cm³/mol. The molecule has 2 nitrogen and oxygen atoms in total. The van der Waals surface area contributed by atoms with Crippen molar-refractivity contribution in [1.29, 1.82) is 0 Å². The van der Waals surface area contributed by atoms with Crippen LogP contribution >= 0.6 is 0 Å². The number of anilines is 1. The van der Waals surface area contributed by atoms with Crippen LogP contribution in [0.25, 0.3) is 0 Å². The average molecular weight is 255 g/mol. The van der Waals surface area contributed by atoms with Gasteiger partial charge in [0.25, 0.3) is 0 Å². The van der Waals surface area contributed by atoms with Crippen LogP contribution in [0.1, 0.15) is 23.6 Å². The van der Waals surface area contributed by atoms with Crippen LogP contribution in [0.15, 0.2) is 42.5 Å². The monoisotopic (exact) mass is 255 g/mol. The van der Waals surface area contributed by atoms with Crippen LogP contribution in [-0.4, -0.2) is 6.61 Å². The maximum Gasteiger partial charge on any atom is 0.119 e. The van der Waals surface area contributed by atoms with E-state index < -0.39 is 0 Å². The van der Waals surface area contributed by atoms with E-state index in [0.717, 1.165) is 12.3 Å². The molecule has 0 amide bonds. The lowest BCUT2D eigenvalue weighted by atomic mass is 10.1. The highest BCUT2D eigenvalue weighted by atomic mass is 16.5. The molecule has 0 radical (unpaired) electrons. The van der Waals surface area contributed by atoms with Gasteiger partial charge < -0.3 is 10.1 Å². The number of benzene rings is 2. The molecule has 0 spiro atoms. The van der Waals surface area contributed by atoms with E-state index in [0.29, 0.717) is 6.61 Å². The second-order valence-corrected chi connectivity index (χ2v) is 4.75. The molecule has 2 aromatic rings. The molecule has 0 heterocycles. The second-order valence-electron chi connectivity index (χ2n) is 4.75. The van der Waals surface area contributed by atoms with Crippen molar-refractivity contribution in [3.05, 3.63) is 59.2 Å². The van der Waals surface area contributed by atoms with Crippen LogP contribution in [0.4, 0.5) is 5.69 Å². The van der Waals surface area contributed by atoms with E-state index in [2.05, 4.69) is 49.5 Å². The molecule has 19 heavy (non-hydrogen) atoms. The second kappa shape index (κ2) is 6.28. The Labute approximate surface area is 115 Å². The first-order chi connectivity index (χ1) is 9.19. The highest BCUT2D eigenvalue weighted by Crippen LogP contribution is 2.18. The van der Waals surface area contributed by atoms with E-state index in [1.54, 1.807) is 0 Å². The van der Waals surface area contributed by atoms with Crippen LogP contribution in [0.5, 0.6) is 5.75 Å². The van der Waals surface area contributed by atoms with Gasteiger partial charge in [-0.25, -0.2) is 0 Å². The normalized spacial score (nSPS) is 10.3. The third-order valence-electron chi connectivity index (χ3n) is 3.10. The molecule has 0 atom stereocenters. The molecular formula is C17H21NO. The summed E-state index contributed by atoms with van der Waals surface area (Å²) in [6, 6.07) is 14.7. The fourth-order valence-electron chi connectivity index (χ4n) is 2.08. The van der Waals surface area contributed by atoms with Gasteiger partial charge in [-0.2, -0.15) is 0 Å². The number of nitrogens with one attached hydrogen (secondary N) is 1. The number of rotatable bonds is 5. The fourth-order valence-corrected chi connectivity index (χ4v) is 2.08. The maximum absolute atomic E-state index is 5.44. The van der Waals surface area contributed by atoms with Gasteiger partial charge >= 0.3 is 0 Å². The smallest absolute Gasteiger partial charge is 0.119 e. The zero-order valence-electron chi connectivity index (χ0n) is 11.9. The Kier molecular flexibility index (Phi) is 4.45. The summed E-state index contributed by atoms with van der Waals surface area (Å²) in [6.07, 6.45) is 0. The van der Waals surface area contributed by atoms with Crippen molar-refractivity contribution >= 4 is 5.69 Å². The van der Waals surface area contributed by atoms with Crippen LogP contribution in [-0.2, 0) is 6.54 Å². The average Bonchev–Trinajstić information content (AvgIpc) is 2.40. The van der Waals surface area contributed by atoms with Gasteiger partial charge in [-0.05, 0) is 50.1 Å². The molecule has 0 fully saturated rings. The summed E-state index contributed by atoms with van der Waals surface area (Å²) < 4.78 is 5.44. The van der Waals surface area contributed by atoms with E-state index in [-0.39, 0.29) is 0 Å². The summed E-state index contributed by atoms with van der Waals surface area (Å²) in [6.45, 7) is 7.78. The van der Waals surface area contributed by atoms with E-state index in [1.807, 2.05) is 19.1 Å². The van der Waals surface area contributed by atoms with Crippen LogP contribution in [0, 0.1) is 13.8 Å². The van der Waals surface area contributed by atoms with Crippen LogP contribution in [0.2, 0.25) is 0 Å². The molecule has 2 rings (SSSR count). The molecule has 2 heteroatoms. The molecule has 100 valence electrons. The van der Waals surface area contributed by atoms with Crippen molar-refractivity contribution in [3.8, 4) is 5.75 Å². The van der Waals surface area contributed by atoms with Crippen LogP contribution < -0.4 is 10.1 Å². The van der Waals surface area contributed by atoms with Crippen LogP contribution in [0.3, 0.4) is 0 Å². The predicted octanol–water partition coefficient (Wildman–Crippen LogP) is 4.31. The summed E-state index contributed by atoms with van der Waals surface area (Å²) >= 11 is 0. The standard InChI is InChI=1S/C17H21NO/c1-4-19-16-8-6-15(7-9-16)12-18-17-10-5-13(2)11-14(17)3/h5-11,18H,4,12H2,1-3H3. The quantitative estimate of drug-likeness (QED) is 0.859. The Morgan fingerprint density at radius 2 is 1.74 bits per heavy atom. The summed E-state index contributed by atoms with van der Waals surface area (Å²) in [5, 5.41) is 3.47. The zero-order chi connectivity index (χ0) is 13.7. The van der Waals surface area contributed by atoms with Crippen molar-refractivity contribution < 1.29 is 4.74 Å². The first-order valence-corrected chi connectivity index (χ1v) is 6.72. The summed E-state index contributed by atoms with van der Waals surface area (Å²) in [5.41, 5.74) is 5.03. The van der Waals surface area contributed by atoms with Gasteiger partial charge in [0.2, 0.25) is 0 Å². The number of hydrogen-bond acceptors (Lipinski definition) is 2. The minimum Gasteiger partial charge on any atom is -0.494 e. The van der Waals surface area contributed by atoms with Gasteiger partial charge in [0.05, 0.1) is 6.61 Å². The molecule has 0 bridgehead atoms. The van der Waals surface area contributed by atoms with Gasteiger partial charge in [0, 0.05) is 12.2 Å². The topological polar surface area (TPSA) is 21.3 Å². The van der Waals surface area contributed by atoms with Crippen molar-refractivity contribution in [2.75, 3.05) is 11.9 Å². The van der Waals surface area contributed by atoms with E-state index in [9.17, 15) is 0 Å². The fraction of sp³-hybridized carbons (Fsp3) is 0.294. The lowest BCUT2D eigenvalue weighted by molar-refractivity contribution is 0.340. The largest absolute Gasteiger partial charge is 0.494 e. The molecular weight excluding hydrogens is 234 g/mol. The van der Waals surface area contributed by atoms with Crippen molar-refractivity contribution in [2.45, 2.75) is 27.3 Å². The van der Waals surface area contributed by atoms with Gasteiger partial charge in [-0.3, -0.25) is 0 Å². The number of hydrogen-bond donors (Lipinski definition) is 1. The molecule has 0 aliphatic heterocycles. The van der Waals surface area contributed by atoms with Gasteiger partial charge in [0.1, 0.15) is 5.75 Å². The number of aryl methyl sites for hydroxylation is 2. The van der Waals surface area contributed by atoms with Gasteiger partial charge in [0.15, 0.2) is 0 Å². The molecule has 0 aromatic heterocycles. The van der Waals surface area contributed by atoms with Crippen molar-refractivity contribution in [1.82, 2.24) is 0 Å². The summed E-state index contributed by atoms with van der Waals surface area (Å²) in [5.74, 6) is 0.928. The Balaban J connectivity index is 1.98. The molecule has 0 aliphatic rings. The molecule has 2 aromatic carbocycles. The van der Waals surface area contributed by atoms with Crippen molar-refractivity contribution in [3.63, 3.8) is 0 Å². The molecule has 0 aliphatic carbocycles. The summed E-state index contributed by atoms with van der Waals surface area (Å²) in [7, 11) is 0. The van der Waals surface area contributed by atoms with Gasteiger partial charge in [-0.15, -0.1) is 0 Å². The minimum atomic E-state index is 0.708.